The van der Waals surface area contributed by atoms with Gasteiger partial charge in [0.25, 0.3) is 0 Å². The highest BCUT2D eigenvalue weighted by Crippen LogP contribution is 2.41. The maximum atomic E-state index is 14.1. The largest absolute Gasteiger partial charge is 0.573 e. The van der Waals surface area contributed by atoms with Gasteiger partial charge in [0.15, 0.2) is 11.6 Å². The summed E-state index contributed by atoms with van der Waals surface area (Å²) in [6.45, 7) is 2.17. The number of halogens is 5. The van der Waals surface area contributed by atoms with Crippen LogP contribution in [0, 0.1) is 29.4 Å². The van der Waals surface area contributed by atoms with E-state index in [0.717, 1.165) is 56.1 Å². The molecule has 6 heteroatoms. The van der Waals surface area contributed by atoms with E-state index in [9.17, 15) is 22.0 Å². The summed E-state index contributed by atoms with van der Waals surface area (Å²) in [6.07, 6.45) is 16.0. The first kappa shape index (κ1) is 27.0. The molecule has 1 aromatic rings. The smallest absolute Gasteiger partial charge is 0.399 e. The average Bonchev–Trinajstić information content (AvgIpc) is 2.80. The molecule has 2 aliphatic rings. The topological polar surface area (TPSA) is 9.23 Å². The predicted octanol–water partition coefficient (Wildman–Crippen LogP) is 9.86. The Morgan fingerprint density at radius 2 is 1.29 bits per heavy atom. The number of unbranched alkanes of at least 4 members (excludes halogenated alkanes) is 1. The van der Waals surface area contributed by atoms with Crippen LogP contribution in [0.3, 0.4) is 0 Å². The maximum absolute atomic E-state index is 14.1. The predicted molar refractivity (Wildman–Crippen MR) is 126 cm³/mol. The number of rotatable bonds is 10. The van der Waals surface area contributed by atoms with Gasteiger partial charge in [0.2, 0.25) is 5.75 Å². The molecule has 3 rings (SSSR count). The highest BCUT2D eigenvalue weighted by Gasteiger charge is 2.35. The molecule has 2 fully saturated rings. The van der Waals surface area contributed by atoms with Gasteiger partial charge in [-0.25, -0.2) is 8.78 Å². The number of allylic oxidation sites excluding steroid dienone is 2. The molecule has 2 saturated carbocycles. The van der Waals surface area contributed by atoms with E-state index < -0.39 is 23.7 Å². The summed E-state index contributed by atoms with van der Waals surface area (Å²) in [5, 5.41) is 0. The summed E-state index contributed by atoms with van der Waals surface area (Å²) < 4.78 is 68.7. The third-order valence-corrected chi connectivity index (χ3v) is 7.89. The molecular formula is C28H39F5O. The van der Waals surface area contributed by atoms with Crippen LogP contribution in [0.5, 0.6) is 5.75 Å². The zero-order valence-electron chi connectivity index (χ0n) is 20.3. The van der Waals surface area contributed by atoms with Crippen LogP contribution >= 0.6 is 0 Å². The van der Waals surface area contributed by atoms with E-state index in [4.69, 9.17) is 0 Å². The van der Waals surface area contributed by atoms with Crippen LogP contribution in [0.1, 0.15) is 108 Å². The summed E-state index contributed by atoms with van der Waals surface area (Å²) in [5.41, 5.74) is 0.437. The van der Waals surface area contributed by atoms with Gasteiger partial charge in [-0.05, 0) is 86.3 Å². The molecule has 0 spiro atoms. The molecule has 0 unspecified atom stereocenters. The lowest BCUT2D eigenvalue weighted by Gasteiger charge is -2.32. The molecular weight excluding hydrogens is 447 g/mol. The molecule has 1 aromatic carbocycles. The van der Waals surface area contributed by atoms with E-state index in [0.29, 0.717) is 11.5 Å². The quantitative estimate of drug-likeness (QED) is 0.182. The maximum Gasteiger partial charge on any atom is 0.573 e. The number of alkyl halides is 3. The van der Waals surface area contributed by atoms with Gasteiger partial charge in [0.1, 0.15) is 0 Å². The minimum atomic E-state index is -5.12. The van der Waals surface area contributed by atoms with Gasteiger partial charge in [0.05, 0.1) is 0 Å². The highest BCUT2D eigenvalue weighted by molar-refractivity contribution is 5.33. The number of ether oxygens (including phenoxy) is 1. The lowest BCUT2D eigenvalue weighted by Crippen LogP contribution is -2.20. The van der Waals surface area contributed by atoms with Crippen molar-refractivity contribution in [3.63, 3.8) is 0 Å². The average molecular weight is 487 g/mol. The Bertz CT molecular complexity index is 748. The van der Waals surface area contributed by atoms with E-state index in [1.54, 1.807) is 0 Å². The fraction of sp³-hybridized carbons (Fsp3) is 0.714. The van der Waals surface area contributed by atoms with Crippen molar-refractivity contribution in [1.82, 2.24) is 0 Å². The Morgan fingerprint density at radius 3 is 1.79 bits per heavy atom. The Labute approximate surface area is 201 Å². The van der Waals surface area contributed by atoms with Crippen LogP contribution in [-0.4, -0.2) is 6.36 Å². The second kappa shape index (κ2) is 12.9. The van der Waals surface area contributed by atoms with Crippen molar-refractivity contribution in [3.05, 3.63) is 41.5 Å². The summed E-state index contributed by atoms with van der Waals surface area (Å²) in [6, 6.07) is 2.02. The first-order chi connectivity index (χ1) is 16.2. The zero-order valence-corrected chi connectivity index (χ0v) is 20.3. The molecule has 192 valence electrons. The van der Waals surface area contributed by atoms with Crippen molar-refractivity contribution < 1.29 is 26.7 Å². The lowest BCUT2D eigenvalue weighted by atomic mass is 9.74. The molecule has 0 atom stereocenters. The van der Waals surface area contributed by atoms with E-state index in [1.807, 2.05) is 0 Å². The van der Waals surface area contributed by atoms with Crippen LogP contribution < -0.4 is 4.74 Å². The van der Waals surface area contributed by atoms with Crippen molar-refractivity contribution in [2.45, 2.75) is 109 Å². The van der Waals surface area contributed by atoms with Gasteiger partial charge in [-0.2, -0.15) is 0 Å². The summed E-state index contributed by atoms with van der Waals surface area (Å²) >= 11 is 0. The SMILES string of the molecule is CC/C=C/CCCC1CCC(CCC2CCC(c3cc(F)c(OC(F)(F)F)c(F)c3)CC2)CC1. The Balaban J connectivity index is 1.36. The van der Waals surface area contributed by atoms with E-state index in [-0.39, 0.29) is 5.92 Å². The van der Waals surface area contributed by atoms with Crippen LogP contribution in [0.4, 0.5) is 22.0 Å². The Kier molecular flexibility index (Phi) is 10.3. The molecule has 0 amide bonds. The lowest BCUT2D eigenvalue weighted by molar-refractivity contribution is -0.276. The number of hydrogen-bond acceptors (Lipinski definition) is 1. The van der Waals surface area contributed by atoms with Gasteiger partial charge in [-0.3, -0.25) is 0 Å². The molecule has 2 aliphatic carbocycles. The molecule has 0 radical (unpaired) electrons. The van der Waals surface area contributed by atoms with Crippen molar-refractivity contribution in [2.24, 2.45) is 17.8 Å². The molecule has 0 bridgehead atoms. The van der Waals surface area contributed by atoms with Crippen molar-refractivity contribution >= 4 is 0 Å². The summed E-state index contributed by atoms with van der Waals surface area (Å²) in [5.74, 6) is -1.59. The fourth-order valence-corrected chi connectivity index (χ4v) is 5.90. The molecule has 0 aliphatic heterocycles. The second-order valence-corrected chi connectivity index (χ2v) is 10.4. The molecule has 0 saturated heterocycles. The zero-order chi connectivity index (χ0) is 24.6. The standard InChI is InChI=1S/C28H39F5O/c1-2-3-4-5-6-7-20-8-10-21(11-9-20)12-13-22-14-16-23(17-15-22)24-18-25(29)27(26(30)19-24)34-28(31,32)33/h3-4,18-23H,2,5-17H2,1H3/b4-3+. The molecule has 0 N–H and O–H groups in total. The van der Waals surface area contributed by atoms with E-state index in [2.05, 4.69) is 23.8 Å². The third kappa shape index (κ3) is 8.57. The Morgan fingerprint density at radius 1 is 0.794 bits per heavy atom. The first-order valence-corrected chi connectivity index (χ1v) is 13.1. The number of benzene rings is 1. The van der Waals surface area contributed by atoms with Gasteiger partial charge in [-0.1, -0.05) is 64.0 Å². The van der Waals surface area contributed by atoms with E-state index in [1.165, 1.54) is 57.8 Å². The first-order valence-electron chi connectivity index (χ1n) is 13.1. The van der Waals surface area contributed by atoms with Gasteiger partial charge >= 0.3 is 6.36 Å². The van der Waals surface area contributed by atoms with Gasteiger partial charge in [0, 0.05) is 0 Å². The van der Waals surface area contributed by atoms with Crippen molar-refractivity contribution in [2.75, 3.05) is 0 Å². The molecule has 0 heterocycles. The number of hydrogen-bond donors (Lipinski definition) is 0. The molecule has 0 aromatic heterocycles. The third-order valence-electron chi connectivity index (χ3n) is 7.89. The van der Waals surface area contributed by atoms with Crippen LogP contribution in [0.2, 0.25) is 0 Å². The minimum Gasteiger partial charge on any atom is -0.399 e. The Hall–Kier alpha value is -1.59. The van der Waals surface area contributed by atoms with Gasteiger partial charge in [-0.15, -0.1) is 13.2 Å². The van der Waals surface area contributed by atoms with Crippen molar-refractivity contribution in [3.8, 4) is 5.75 Å². The monoisotopic (exact) mass is 486 g/mol. The van der Waals surface area contributed by atoms with E-state index >= 15 is 0 Å². The van der Waals surface area contributed by atoms with Crippen LogP contribution in [-0.2, 0) is 0 Å². The molecule has 1 nitrogen and oxygen atoms in total. The second-order valence-electron chi connectivity index (χ2n) is 10.4. The summed E-state index contributed by atoms with van der Waals surface area (Å²) in [4.78, 5) is 0. The highest BCUT2D eigenvalue weighted by atomic mass is 19.4. The van der Waals surface area contributed by atoms with Gasteiger partial charge < -0.3 is 4.74 Å². The molecule has 34 heavy (non-hydrogen) atoms. The van der Waals surface area contributed by atoms with Crippen molar-refractivity contribution in [1.29, 1.82) is 0 Å². The fourth-order valence-electron chi connectivity index (χ4n) is 5.90. The summed E-state index contributed by atoms with van der Waals surface area (Å²) in [7, 11) is 0. The normalized spacial score (nSPS) is 26.2. The minimum absolute atomic E-state index is 0.0113. The van der Waals surface area contributed by atoms with Crippen LogP contribution in [0.15, 0.2) is 24.3 Å². The van der Waals surface area contributed by atoms with Crippen LogP contribution in [0.25, 0.3) is 0 Å².